The Kier molecular flexibility index (Phi) is 5.28. The van der Waals surface area contributed by atoms with Crippen LogP contribution in [0.1, 0.15) is 25.8 Å². The lowest BCUT2D eigenvalue weighted by Gasteiger charge is -2.08. The van der Waals surface area contributed by atoms with E-state index in [1.54, 1.807) is 0 Å². The van der Waals surface area contributed by atoms with Gasteiger partial charge in [0.05, 0.1) is 6.61 Å². The van der Waals surface area contributed by atoms with E-state index in [1.807, 2.05) is 31.2 Å². The van der Waals surface area contributed by atoms with Gasteiger partial charge in [-0.25, -0.2) is 5.84 Å². The minimum Gasteiger partial charge on any atom is -0.463 e. The molecule has 0 fully saturated rings. The lowest BCUT2D eigenvalue weighted by molar-refractivity contribution is 0.285. The Balaban J connectivity index is 2.16. The maximum atomic E-state index is 5.60. The van der Waals surface area contributed by atoms with Crippen LogP contribution in [0.15, 0.2) is 24.3 Å². The average Bonchev–Trinajstić information content (AvgIpc) is 2.53. The summed E-state index contributed by atoms with van der Waals surface area (Å²) >= 11 is 0. The zero-order chi connectivity index (χ0) is 15.1. The quantitative estimate of drug-likeness (QED) is 0.596. The number of nitrogens with zero attached hydrogens (tertiary/aromatic N) is 3. The van der Waals surface area contributed by atoms with E-state index in [1.165, 1.54) is 5.56 Å². The lowest BCUT2D eigenvalue weighted by atomic mass is 10.2. The van der Waals surface area contributed by atoms with Gasteiger partial charge in [-0.05, 0) is 30.5 Å². The summed E-state index contributed by atoms with van der Waals surface area (Å²) in [6, 6.07) is 8.03. The molecule has 0 spiro atoms. The minimum absolute atomic E-state index is 0.133. The zero-order valence-electron chi connectivity index (χ0n) is 12.2. The molecule has 2 rings (SSSR count). The van der Waals surface area contributed by atoms with Crippen LogP contribution in [-0.4, -0.2) is 21.6 Å². The summed E-state index contributed by atoms with van der Waals surface area (Å²) in [5, 5.41) is 0. The molecule has 0 radical (unpaired) electrons. The fourth-order valence-electron chi connectivity index (χ4n) is 1.60. The first-order valence-electron chi connectivity index (χ1n) is 6.87. The Labute approximate surface area is 123 Å². The van der Waals surface area contributed by atoms with E-state index in [4.69, 9.17) is 15.3 Å². The van der Waals surface area contributed by atoms with E-state index in [0.717, 1.165) is 12.8 Å². The van der Waals surface area contributed by atoms with Gasteiger partial charge in [0, 0.05) is 0 Å². The van der Waals surface area contributed by atoms with Crippen LogP contribution in [0.2, 0.25) is 0 Å². The molecule has 0 aliphatic heterocycles. The second kappa shape index (κ2) is 7.39. The van der Waals surface area contributed by atoms with Gasteiger partial charge in [-0.3, -0.25) is 5.43 Å². The van der Waals surface area contributed by atoms with Gasteiger partial charge in [-0.2, -0.15) is 9.97 Å². The summed E-state index contributed by atoms with van der Waals surface area (Å²) < 4.78 is 11.0. The second-order valence-electron chi connectivity index (χ2n) is 4.32. The van der Waals surface area contributed by atoms with Crippen LogP contribution in [0, 0.1) is 0 Å². The lowest BCUT2D eigenvalue weighted by Crippen LogP contribution is -2.13. The van der Waals surface area contributed by atoms with E-state index in [2.05, 4.69) is 27.3 Å². The fourth-order valence-corrected chi connectivity index (χ4v) is 1.60. The highest BCUT2D eigenvalue weighted by Crippen LogP contribution is 2.21. The minimum atomic E-state index is 0.133. The van der Waals surface area contributed by atoms with Crippen LogP contribution in [0.5, 0.6) is 17.8 Å². The molecule has 0 amide bonds. The standard InChI is InChI=1S/C14H19N5O2/c1-3-9-20-13-16-12(19-15)17-14(18-13)21-11-7-5-10(4-2)6-8-11/h5-8H,3-4,9,15H2,1-2H3,(H,16,17,18,19). The second-order valence-corrected chi connectivity index (χ2v) is 4.32. The van der Waals surface area contributed by atoms with E-state index < -0.39 is 0 Å². The predicted octanol–water partition coefficient (Wildman–Crippen LogP) is 2.30. The molecule has 0 unspecified atom stereocenters. The van der Waals surface area contributed by atoms with E-state index in [0.29, 0.717) is 12.4 Å². The summed E-state index contributed by atoms with van der Waals surface area (Å²) in [7, 11) is 0. The van der Waals surface area contributed by atoms with Crippen molar-refractivity contribution in [2.75, 3.05) is 12.0 Å². The van der Waals surface area contributed by atoms with Gasteiger partial charge in [0.1, 0.15) is 5.75 Å². The van der Waals surface area contributed by atoms with Crippen LogP contribution in [0.3, 0.4) is 0 Å². The number of benzene rings is 1. The van der Waals surface area contributed by atoms with Crippen LogP contribution >= 0.6 is 0 Å². The van der Waals surface area contributed by atoms with Crippen molar-refractivity contribution < 1.29 is 9.47 Å². The molecule has 3 N–H and O–H groups in total. The number of nitrogens with one attached hydrogen (secondary N) is 1. The van der Waals surface area contributed by atoms with Crippen molar-refractivity contribution >= 4 is 5.95 Å². The van der Waals surface area contributed by atoms with Gasteiger partial charge in [0.15, 0.2) is 0 Å². The third-order valence-corrected chi connectivity index (χ3v) is 2.70. The number of nitrogen functional groups attached to an aromatic ring is 1. The van der Waals surface area contributed by atoms with Gasteiger partial charge in [-0.1, -0.05) is 26.0 Å². The molecular weight excluding hydrogens is 270 g/mol. The SMILES string of the molecule is CCCOc1nc(NN)nc(Oc2ccc(CC)cc2)n1. The Morgan fingerprint density at radius 1 is 1.05 bits per heavy atom. The molecule has 1 aromatic carbocycles. The monoisotopic (exact) mass is 289 g/mol. The number of hydrogen-bond donors (Lipinski definition) is 2. The molecule has 21 heavy (non-hydrogen) atoms. The highest BCUT2D eigenvalue weighted by Gasteiger charge is 2.09. The molecule has 1 aromatic heterocycles. The average molecular weight is 289 g/mol. The predicted molar refractivity (Wildman–Crippen MR) is 79.3 cm³/mol. The van der Waals surface area contributed by atoms with Crippen molar-refractivity contribution in [2.45, 2.75) is 26.7 Å². The Morgan fingerprint density at radius 3 is 2.38 bits per heavy atom. The number of rotatable bonds is 7. The van der Waals surface area contributed by atoms with Crippen molar-refractivity contribution in [1.29, 1.82) is 0 Å². The van der Waals surface area contributed by atoms with Crippen molar-refractivity contribution in [2.24, 2.45) is 5.84 Å². The number of nitrogens with two attached hydrogens (primary N) is 1. The smallest absolute Gasteiger partial charge is 0.330 e. The summed E-state index contributed by atoms with van der Waals surface area (Å²) in [6.45, 7) is 4.60. The largest absolute Gasteiger partial charge is 0.463 e. The molecular formula is C14H19N5O2. The Morgan fingerprint density at radius 2 is 1.76 bits per heavy atom. The van der Waals surface area contributed by atoms with Crippen LogP contribution in [-0.2, 0) is 6.42 Å². The third-order valence-electron chi connectivity index (χ3n) is 2.70. The molecule has 0 saturated heterocycles. The van der Waals surface area contributed by atoms with Crippen LogP contribution in [0.25, 0.3) is 0 Å². The highest BCUT2D eigenvalue weighted by molar-refractivity contribution is 5.31. The molecule has 7 heteroatoms. The molecule has 1 heterocycles. The maximum Gasteiger partial charge on any atom is 0.330 e. The molecule has 7 nitrogen and oxygen atoms in total. The fraction of sp³-hybridized carbons (Fsp3) is 0.357. The number of ether oxygens (including phenoxy) is 2. The van der Waals surface area contributed by atoms with Crippen molar-refractivity contribution in [3.8, 4) is 17.8 Å². The van der Waals surface area contributed by atoms with Crippen LogP contribution < -0.4 is 20.7 Å². The van der Waals surface area contributed by atoms with E-state index in [9.17, 15) is 0 Å². The molecule has 0 atom stereocenters. The van der Waals surface area contributed by atoms with Crippen molar-refractivity contribution in [3.63, 3.8) is 0 Å². The summed E-state index contributed by atoms with van der Waals surface area (Å²) in [4.78, 5) is 12.1. The third kappa shape index (κ3) is 4.28. The van der Waals surface area contributed by atoms with Gasteiger partial charge in [0.25, 0.3) is 0 Å². The number of aryl methyl sites for hydroxylation is 1. The first-order valence-corrected chi connectivity index (χ1v) is 6.87. The van der Waals surface area contributed by atoms with Crippen molar-refractivity contribution in [3.05, 3.63) is 29.8 Å². The Hall–Kier alpha value is -2.41. The number of aromatic nitrogens is 3. The first-order chi connectivity index (χ1) is 10.2. The number of hydrogen-bond acceptors (Lipinski definition) is 7. The molecule has 0 saturated carbocycles. The number of anilines is 1. The van der Waals surface area contributed by atoms with Gasteiger partial charge in [-0.15, -0.1) is 4.98 Å². The molecule has 112 valence electrons. The molecule has 0 aliphatic rings. The van der Waals surface area contributed by atoms with Crippen molar-refractivity contribution in [1.82, 2.24) is 15.0 Å². The van der Waals surface area contributed by atoms with Gasteiger partial charge >= 0.3 is 12.0 Å². The van der Waals surface area contributed by atoms with E-state index >= 15 is 0 Å². The normalized spacial score (nSPS) is 10.2. The zero-order valence-corrected chi connectivity index (χ0v) is 12.2. The summed E-state index contributed by atoms with van der Waals surface area (Å²) in [6.07, 6.45) is 1.83. The van der Waals surface area contributed by atoms with Gasteiger partial charge in [0.2, 0.25) is 5.95 Å². The van der Waals surface area contributed by atoms with Gasteiger partial charge < -0.3 is 9.47 Å². The summed E-state index contributed by atoms with van der Waals surface area (Å²) in [5.74, 6) is 6.17. The molecule has 0 aliphatic carbocycles. The summed E-state index contributed by atoms with van der Waals surface area (Å²) in [5.41, 5.74) is 3.60. The Bertz CT molecular complexity index is 574. The molecule has 2 aromatic rings. The first kappa shape index (κ1) is 15.0. The topological polar surface area (TPSA) is 95.2 Å². The highest BCUT2D eigenvalue weighted by atomic mass is 16.5. The number of hydrazine groups is 1. The van der Waals surface area contributed by atoms with E-state index in [-0.39, 0.29) is 18.0 Å². The maximum absolute atomic E-state index is 5.60. The van der Waals surface area contributed by atoms with Crippen LogP contribution in [0.4, 0.5) is 5.95 Å². The molecule has 0 bridgehead atoms.